The summed E-state index contributed by atoms with van der Waals surface area (Å²) in [6.07, 6.45) is 2.06. The minimum atomic E-state index is -0.0736. The molecule has 0 spiro atoms. The number of piperidine rings is 1. The maximum atomic E-state index is 12.2. The number of benzene rings is 1. The third kappa shape index (κ3) is 5.81. The fourth-order valence-electron chi connectivity index (χ4n) is 3.10. The van der Waals surface area contributed by atoms with Crippen LogP contribution < -0.4 is 10.6 Å². The van der Waals surface area contributed by atoms with Gasteiger partial charge in [-0.25, -0.2) is 4.79 Å². The maximum Gasteiger partial charge on any atom is 0.315 e. The molecule has 4 nitrogen and oxygen atoms in total. The zero-order chi connectivity index (χ0) is 16.8. The largest absolute Gasteiger partial charge is 0.335 e. The first kappa shape index (κ1) is 18.3. The minimum absolute atomic E-state index is 0.0217. The van der Waals surface area contributed by atoms with Gasteiger partial charge in [0.1, 0.15) is 0 Å². The summed E-state index contributed by atoms with van der Waals surface area (Å²) in [6.45, 7) is 9.80. The summed E-state index contributed by atoms with van der Waals surface area (Å²) in [5.74, 6) is 0.702. The monoisotopic (exact) mass is 381 g/mol. The van der Waals surface area contributed by atoms with Crippen molar-refractivity contribution in [1.82, 2.24) is 15.5 Å². The quantitative estimate of drug-likeness (QED) is 0.811. The van der Waals surface area contributed by atoms with Gasteiger partial charge in [-0.1, -0.05) is 48.0 Å². The van der Waals surface area contributed by atoms with Crippen molar-refractivity contribution in [3.8, 4) is 0 Å². The van der Waals surface area contributed by atoms with Gasteiger partial charge in [0, 0.05) is 30.1 Å². The maximum absolute atomic E-state index is 12.2. The molecule has 5 heteroatoms. The van der Waals surface area contributed by atoms with Crippen molar-refractivity contribution < 1.29 is 4.79 Å². The molecular formula is C18H28BrN3O. The molecule has 0 radical (unpaired) electrons. The van der Waals surface area contributed by atoms with Gasteiger partial charge in [-0.2, -0.15) is 0 Å². The number of nitrogens with zero attached hydrogens (tertiary/aromatic N) is 1. The normalized spacial score (nSPS) is 18.0. The Kier molecular flexibility index (Phi) is 6.90. The van der Waals surface area contributed by atoms with Crippen molar-refractivity contribution in [2.45, 2.75) is 45.7 Å². The highest BCUT2D eigenvalue weighted by molar-refractivity contribution is 9.10. The lowest BCUT2D eigenvalue weighted by atomic mass is 10.0. The first-order valence-electron chi connectivity index (χ1n) is 8.49. The van der Waals surface area contributed by atoms with E-state index in [1.54, 1.807) is 0 Å². The lowest BCUT2D eigenvalue weighted by Gasteiger charge is -2.33. The van der Waals surface area contributed by atoms with Crippen molar-refractivity contribution in [3.05, 3.63) is 34.3 Å². The van der Waals surface area contributed by atoms with Crippen LogP contribution in [0.25, 0.3) is 0 Å². The molecule has 2 rings (SSSR count). The Morgan fingerprint density at radius 2 is 1.91 bits per heavy atom. The van der Waals surface area contributed by atoms with Gasteiger partial charge in [-0.15, -0.1) is 0 Å². The van der Waals surface area contributed by atoms with E-state index in [1.165, 1.54) is 0 Å². The molecule has 2 N–H and O–H groups in total. The van der Waals surface area contributed by atoms with E-state index < -0.39 is 0 Å². The van der Waals surface area contributed by atoms with E-state index in [-0.39, 0.29) is 18.1 Å². The molecule has 2 amide bonds. The second-order valence-electron chi connectivity index (χ2n) is 6.83. The Balaban J connectivity index is 1.76. The lowest BCUT2D eigenvalue weighted by molar-refractivity contribution is 0.177. The molecule has 1 heterocycles. The van der Waals surface area contributed by atoms with Crippen molar-refractivity contribution >= 4 is 22.0 Å². The van der Waals surface area contributed by atoms with E-state index in [1.807, 2.05) is 31.2 Å². The highest BCUT2D eigenvalue weighted by Crippen LogP contribution is 2.22. The predicted molar refractivity (Wildman–Crippen MR) is 98.5 cm³/mol. The number of hydrogen-bond acceptors (Lipinski definition) is 2. The van der Waals surface area contributed by atoms with Crippen LogP contribution in [0.1, 0.15) is 45.2 Å². The second kappa shape index (κ2) is 8.69. The number of rotatable bonds is 5. The van der Waals surface area contributed by atoms with Crippen LogP contribution in [0, 0.1) is 5.92 Å². The summed E-state index contributed by atoms with van der Waals surface area (Å²) in [5, 5.41) is 6.15. The smallest absolute Gasteiger partial charge is 0.315 e. The molecule has 23 heavy (non-hydrogen) atoms. The van der Waals surface area contributed by atoms with Crippen LogP contribution in [-0.2, 0) is 0 Å². The minimum Gasteiger partial charge on any atom is -0.335 e. The predicted octanol–water partition coefficient (Wildman–Crippen LogP) is 3.93. The summed E-state index contributed by atoms with van der Waals surface area (Å²) >= 11 is 3.53. The van der Waals surface area contributed by atoms with Gasteiger partial charge in [-0.05, 0) is 37.3 Å². The summed E-state index contributed by atoms with van der Waals surface area (Å²) in [4.78, 5) is 14.7. The van der Waals surface area contributed by atoms with Gasteiger partial charge in [0.05, 0.1) is 6.04 Å². The van der Waals surface area contributed by atoms with Crippen LogP contribution in [0.4, 0.5) is 4.79 Å². The highest BCUT2D eigenvalue weighted by Gasteiger charge is 2.21. The van der Waals surface area contributed by atoms with E-state index in [0.29, 0.717) is 5.92 Å². The number of carbonyl (C=O) groups is 1. The molecule has 0 saturated carbocycles. The molecule has 0 bridgehead atoms. The summed E-state index contributed by atoms with van der Waals surface area (Å²) in [7, 11) is 0. The van der Waals surface area contributed by atoms with Crippen LogP contribution in [-0.4, -0.2) is 36.6 Å². The van der Waals surface area contributed by atoms with Gasteiger partial charge in [0.15, 0.2) is 0 Å². The fraction of sp³-hybridized carbons (Fsp3) is 0.611. The lowest BCUT2D eigenvalue weighted by Crippen LogP contribution is -2.48. The van der Waals surface area contributed by atoms with E-state index in [2.05, 4.69) is 45.3 Å². The first-order chi connectivity index (χ1) is 11.0. The van der Waals surface area contributed by atoms with Gasteiger partial charge in [0.25, 0.3) is 0 Å². The molecule has 1 aromatic carbocycles. The van der Waals surface area contributed by atoms with Crippen LogP contribution in [0.2, 0.25) is 0 Å². The first-order valence-corrected chi connectivity index (χ1v) is 9.28. The van der Waals surface area contributed by atoms with Gasteiger partial charge in [-0.3, -0.25) is 0 Å². The van der Waals surface area contributed by atoms with Crippen molar-refractivity contribution in [1.29, 1.82) is 0 Å². The number of urea groups is 1. The SMILES string of the molecule is CC(C)CN1CCC(NC(=O)N[C@H](C)c2ccccc2Br)CC1. The summed E-state index contributed by atoms with van der Waals surface area (Å²) in [5.41, 5.74) is 1.09. The second-order valence-corrected chi connectivity index (χ2v) is 7.68. The number of nitrogens with one attached hydrogen (secondary N) is 2. The molecule has 1 saturated heterocycles. The van der Waals surface area contributed by atoms with Crippen molar-refractivity contribution in [2.75, 3.05) is 19.6 Å². The van der Waals surface area contributed by atoms with Gasteiger partial charge < -0.3 is 15.5 Å². The molecule has 1 atom stereocenters. The molecule has 0 aliphatic carbocycles. The summed E-state index contributed by atoms with van der Waals surface area (Å²) in [6, 6.07) is 8.17. The molecule has 128 valence electrons. The highest BCUT2D eigenvalue weighted by atomic mass is 79.9. The van der Waals surface area contributed by atoms with Gasteiger partial charge >= 0.3 is 6.03 Å². The summed E-state index contributed by atoms with van der Waals surface area (Å²) < 4.78 is 1.02. The van der Waals surface area contributed by atoms with Crippen LogP contribution in [0.3, 0.4) is 0 Å². The van der Waals surface area contributed by atoms with E-state index in [9.17, 15) is 4.79 Å². The third-order valence-electron chi connectivity index (χ3n) is 4.27. The van der Waals surface area contributed by atoms with E-state index in [0.717, 1.165) is 42.5 Å². The van der Waals surface area contributed by atoms with E-state index >= 15 is 0 Å². The number of halogens is 1. The molecule has 0 unspecified atom stereocenters. The zero-order valence-electron chi connectivity index (χ0n) is 14.3. The van der Waals surface area contributed by atoms with Crippen LogP contribution in [0.5, 0.6) is 0 Å². The number of amides is 2. The number of likely N-dealkylation sites (tertiary alicyclic amines) is 1. The fourth-order valence-corrected chi connectivity index (χ4v) is 3.73. The van der Waals surface area contributed by atoms with Crippen molar-refractivity contribution in [3.63, 3.8) is 0 Å². The van der Waals surface area contributed by atoms with Gasteiger partial charge in [0.2, 0.25) is 0 Å². The number of hydrogen-bond donors (Lipinski definition) is 2. The average molecular weight is 382 g/mol. The molecular weight excluding hydrogens is 354 g/mol. The Hall–Kier alpha value is -1.07. The van der Waals surface area contributed by atoms with E-state index in [4.69, 9.17) is 0 Å². The molecule has 1 aliphatic rings. The molecule has 0 aromatic heterocycles. The Morgan fingerprint density at radius 3 is 2.52 bits per heavy atom. The number of carbonyl (C=O) groups excluding carboxylic acids is 1. The standard InChI is InChI=1S/C18H28BrN3O/c1-13(2)12-22-10-8-15(9-11-22)21-18(23)20-14(3)16-6-4-5-7-17(16)19/h4-7,13-15H,8-12H2,1-3H3,(H2,20,21,23)/t14-/m1/s1. The molecule has 1 fully saturated rings. The van der Waals surface area contributed by atoms with Crippen molar-refractivity contribution in [2.24, 2.45) is 5.92 Å². The van der Waals surface area contributed by atoms with Crippen LogP contribution >= 0.6 is 15.9 Å². The van der Waals surface area contributed by atoms with Crippen LogP contribution in [0.15, 0.2) is 28.7 Å². The third-order valence-corrected chi connectivity index (χ3v) is 4.99. The Labute approximate surface area is 148 Å². The average Bonchev–Trinajstić information content (AvgIpc) is 2.49. The Bertz CT molecular complexity index is 513. The molecule has 1 aliphatic heterocycles. The Morgan fingerprint density at radius 1 is 1.26 bits per heavy atom. The zero-order valence-corrected chi connectivity index (χ0v) is 15.9. The molecule has 1 aromatic rings. The topological polar surface area (TPSA) is 44.4 Å².